The maximum atomic E-state index is 12.3. The average Bonchev–Trinajstić information content (AvgIpc) is 2.91. The van der Waals surface area contributed by atoms with Crippen LogP contribution in [-0.4, -0.2) is 43.5 Å². The van der Waals surface area contributed by atoms with E-state index in [9.17, 15) is 4.79 Å². The number of hydrogen-bond acceptors (Lipinski definition) is 4. The largest absolute Gasteiger partial charge is 0.371 e. The Morgan fingerprint density at radius 3 is 2.38 bits per heavy atom. The number of piperidine rings is 1. The molecule has 0 aliphatic carbocycles. The van der Waals surface area contributed by atoms with Crippen LogP contribution in [0, 0.1) is 11.3 Å². The molecule has 0 radical (unpaired) electrons. The van der Waals surface area contributed by atoms with Gasteiger partial charge in [0.15, 0.2) is 0 Å². The van der Waals surface area contributed by atoms with Crippen molar-refractivity contribution in [1.82, 2.24) is 10.2 Å². The standard InChI is InChI=1S/C29H32N4O/c1-32(18-17-29(34)31-22-24-13-11-23(21-30)12-14-24)26-15-19-33(20-16-26)28-10-6-5-9-27(28)25-7-3-2-4-8-25/h2-14,26H,15-20,22H2,1H3,(H,31,34). The summed E-state index contributed by atoms with van der Waals surface area (Å²) in [6.45, 7) is 3.28. The maximum Gasteiger partial charge on any atom is 0.221 e. The number of amides is 1. The summed E-state index contributed by atoms with van der Waals surface area (Å²) in [5.41, 5.74) is 5.48. The van der Waals surface area contributed by atoms with Gasteiger partial charge in [0.05, 0.1) is 11.6 Å². The van der Waals surface area contributed by atoms with Crippen LogP contribution in [-0.2, 0) is 11.3 Å². The zero-order valence-electron chi connectivity index (χ0n) is 19.8. The number of rotatable bonds is 8. The fraction of sp³-hybridized carbons (Fsp3) is 0.310. The van der Waals surface area contributed by atoms with Crippen LogP contribution in [0.1, 0.15) is 30.4 Å². The van der Waals surface area contributed by atoms with E-state index in [0.717, 1.165) is 38.0 Å². The van der Waals surface area contributed by atoms with E-state index >= 15 is 0 Å². The Hall–Kier alpha value is -3.62. The summed E-state index contributed by atoms with van der Waals surface area (Å²) < 4.78 is 0. The fourth-order valence-electron chi connectivity index (χ4n) is 4.61. The summed E-state index contributed by atoms with van der Waals surface area (Å²) in [7, 11) is 2.13. The average molecular weight is 453 g/mol. The molecule has 5 nitrogen and oxygen atoms in total. The van der Waals surface area contributed by atoms with Gasteiger partial charge >= 0.3 is 0 Å². The summed E-state index contributed by atoms with van der Waals surface area (Å²) in [4.78, 5) is 17.2. The van der Waals surface area contributed by atoms with Gasteiger partial charge in [-0.2, -0.15) is 5.26 Å². The van der Waals surface area contributed by atoms with Crippen LogP contribution in [0.15, 0.2) is 78.9 Å². The molecule has 34 heavy (non-hydrogen) atoms. The summed E-state index contributed by atoms with van der Waals surface area (Å²) in [6, 6.07) is 29.2. The third-order valence-electron chi connectivity index (χ3n) is 6.68. The number of nitriles is 1. The van der Waals surface area contributed by atoms with Gasteiger partial charge in [-0.25, -0.2) is 0 Å². The van der Waals surface area contributed by atoms with E-state index < -0.39 is 0 Å². The van der Waals surface area contributed by atoms with E-state index in [1.165, 1.54) is 16.8 Å². The first kappa shape index (κ1) is 23.5. The summed E-state index contributed by atoms with van der Waals surface area (Å²) in [6.07, 6.45) is 2.67. The van der Waals surface area contributed by atoms with Crippen molar-refractivity contribution in [3.05, 3.63) is 90.0 Å². The Kier molecular flexibility index (Phi) is 7.95. The molecular formula is C29H32N4O. The molecule has 1 aliphatic rings. The van der Waals surface area contributed by atoms with Crippen molar-refractivity contribution in [3.8, 4) is 17.2 Å². The highest BCUT2D eigenvalue weighted by Gasteiger charge is 2.24. The SMILES string of the molecule is CN(CCC(=O)NCc1ccc(C#N)cc1)C1CCN(c2ccccc2-c2ccccc2)CC1. The second-order valence-corrected chi connectivity index (χ2v) is 8.92. The minimum absolute atomic E-state index is 0.0606. The van der Waals surface area contributed by atoms with Crippen molar-refractivity contribution in [2.75, 3.05) is 31.6 Å². The zero-order valence-corrected chi connectivity index (χ0v) is 19.8. The van der Waals surface area contributed by atoms with Crippen LogP contribution in [0.25, 0.3) is 11.1 Å². The molecule has 0 saturated carbocycles. The van der Waals surface area contributed by atoms with Crippen LogP contribution in [0.3, 0.4) is 0 Å². The lowest BCUT2D eigenvalue weighted by molar-refractivity contribution is -0.121. The molecule has 1 heterocycles. The molecule has 3 aromatic carbocycles. The number of hydrogen-bond donors (Lipinski definition) is 1. The third-order valence-corrected chi connectivity index (χ3v) is 6.68. The molecule has 0 unspecified atom stereocenters. The van der Waals surface area contributed by atoms with Gasteiger partial charge in [-0.05, 0) is 49.2 Å². The highest BCUT2D eigenvalue weighted by atomic mass is 16.1. The molecular weight excluding hydrogens is 420 g/mol. The van der Waals surface area contributed by atoms with Crippen LogP contribution in [0.2, 0.25) is 0 Å². The van der Waals surface area contributed by atoms with Crippen molar-refractivity contribution >= 4 is 11.6 Å². The molecule has 4 rings (SSSR count). The van der Waals surface area contributed by atoms with E-state index in [2.05, 4.69) is 82.8 Å². The molecule has 3 aromatic rings. The van der Waals surface area contributed by atoms with Crippen molar-refractivity contribution in [1.29, 1.82) is 5.26 Å². The van der Waals surface area contributed by atoms with E-state index in [-0.39, 0.29) is 5.91 Å². The highest BCUT2D eigenvalue weighted by molar-refractivity contribution is 5.78. The van der Waals surface area contributed by atoms with Crippen LogP contribution in [0.4, 0.5) is 5.69 Å². The Balaban J connectivity index is 1.24. The van der Waals surface area contributed by atoms with Crippen molar-refractivity contribution in [3.63, 3.8) is 0 Å². The number of anilines is 1. The quantitative estimate of drug-likeness (QED) is 0.532. The fourth-order valence-corrected chi connectivity index (χ4v) is 4.61. The Bertz CT molecular complexity index is 1110. The van der Waals surface area contributed by atoms with Gasteiger partial charge < -0.3 is 15.1 Å². The smallest absolute Gasteiger partial charge is 0.221 e. The molecule has 174 valence electrons. The zero-order chi connectivity index (χ0) is 23.8. The third kappa shape index (κ3) is 6.03. The number of para-hydroxylation sites is 1. The van der Waals surface area contributed by atoms with E-state index in [4.69, 9.17) is 5.26 Å². The van der Waals surface area contributed by atoms with Gasteiger partial charge in [0.1, 0.15) is 0 Å². The molecule has 0 spiro atoms. The number of nitrogens with one attached hydrogen (secondary N) is 1. The second kappa shape index (κ2) is 11.5. The first-order valence-electron chi connectivity index (χ1n) is 12.0. The first-order chi connectivity index (χ1) is 16.6. The van der Waals surface area contributed by atoms with E-state index in [1.807, 2.05) is 12.1 Å². The first-order valence-corrected chi connectivity index (χ1v) is 12.0. The Labute approximate surface area is 202 Å². The summed E-state index contributed by atoms with van der Waals surface area (Å²) >= 11 is 0. The second-order valence-electron chi connectivity index (χ2n) is 8.92. The van der Waals surface area contributed by atoms with Crippen molar-refractivity contribution in [2.24, 2.45) is 0 Å². The van der Waals surface area contributed by atoms with Gasteiger partial charge in [0.2, 0.25) is 5.91 Å². The number of nitrogens with zero attached hydrogens (tertiary/aromatic N) is 3. The molecule has 1 amide bonds. The number of carbonyl (C=O) groups excluding carboxylic acids is 1. The normalized spacial score (nSPS) is 14.1. The van der Waals surface area contributed by atoms with Gasteiger partial charge in [0, 0.05) is 49.9 Å². The number of carbonyl (C=O) groups is 1. The molecule has 5 heteroatoms. The van der Waals surface area contributed by atoms with Crippen molar-refractivity contribution in [2.45, 2.75) is 31.8 Å². The van der Waals surface area contributed by atoms with Gasteiger partial charge in [-0.3, -0.25) is 4.79 Å². The Morgan fingerprint density at radius 1 is 1.00 bits per heavy atom. The van der Waals surface area contributed by atoms with Gasteiger partial charge in [-0.15, -0.1) is 0 Å². The van der Waals surface area contributed by atoms with Crippen LogP contribution in [0.5, 0.6) is 0 Å². The molecule has 0 bridgehead atoms. The van der Waals surface area contributed by atoms with Crippen LogP contribution >= 0.6 is 0 Å². The summed E-state index contributed by atoms with van der Waals surface area (Å²) in [5, 5.41) is 11.9. The predicted octanol–water partition coefficient (Wildman–Crippen LogP) is 4.83. The number of benzene rings is 3. The monoisotopic (exact) mass is 452 g/mol. The maximum absolute atomic E-state index is 12.3. The lowest BCUT2D eigenvalue weighted by Crippen LogP contribution is -2.44. The molecule has 0 atom stereocenters. The minimum atomic E-state index is 0.0606. The lowest BCUT2D eigenvalue weighted by Gasteiger charge is -2.38. The molecule has 1 aliphatic heterocycles. The Morgan fingerprint density at radius 2 is 1.68 bits per heavy atom. The molecule has 0 aromatic heterocycles. The van der Waals surface area contributed by atoms with Gasteiger partial charge in [-0.1, -0.05) is 60.7 Å². The van der Waals surface area contributed by atoms with Crippen molar-refractivity contribution < 1.29 is 4.79 Å². The van der Waals surface area contributed by atoms with Crippen LogP contribution < -0.4 is 10.2 Å². The molecule has 1 N–H and O–H groups in total. The minimum Gasteiger partial charge on any atom is -0.371 e. The molecule has 1 saturated heterocycles. The predicted molar refractivity (Wildman–Crippen MR) is 137 cm³/mol. The molecule has 1 fully saturated rings. The summed E-state index contributed by atoms with van der Waals surface area (Å²) in [5.74, 6) is 0.0606. The highest BCUT2D eigenvalue weighted by Crippen LogP contribution is 2.32. The lowest BCUT2D eigenvalue weighted by atomic mass is 9.99. The van der Waals surface area contributed by atoms with Gasteiger partial charge in [0.25, 0.3) is 0 Å². The van der Waals surface area contributed by atoms with E-state index in [1.54, 1.807) is 12.1 Å². The van der Waals surface area contributed by atoms with E-state index in [0.29, 0.717) is 24.6 Å². The topological polar surface area (TPSA) is 59.4 Å².